The van der Waals surface area contributed by atoms with Gasteiger partial charge in [-0.1, -0.05) is 12.1 Å². The number of amides is 2. The largest absolute Gasteiger partial charge is 0.495 e. The van der Waals surface area contributed by atoms with Crippen LogP contribution < -0.4 is 19.7 Å². The summed E-state index contributed by atoms with van der Waals surface area (Å²) in [4.78, 5) is 37.8. The Labute approximate surface area is 230 Å². The summed E-state index contributed by atoms with van der Waals surface area (Å²) in [6, 6.07) is 13.4. The molecule has 0 aliphatic carbocycles. The molecule has 0 bridgehead atoms. The predicted molar refractivity (Wildman–Crippen MR) is 142 cm³/mol. The molecule has 3 aromatic rings. The van der Waals surface area contributed by atoms with Crippen molar-refractivity contribution in [2.75, 3.05) is 31.7 Å². The van der Waals surface area contributed by atoms with Crippen LogP contribution in [0.2, 0.25) is 0 Å². The van der Waals surface area contributed by atoms with Gasteiger partial charge in [0.15, 0.2) is 0 Å². The molecule has 1 aliphatic heterocycles. The lowest BCUT2D eigenvalue weighted by molar-refractivity contribution is -0.139. The Morgan fingerprint density at radius 2 is 1.73 bits per heavy atom. The van der Waals surface area contributed by atoms with E-state index in [2.05, 4.69) is 10.6 Å². The van der Waals surface area contributed by atoms with Crippen LogP contribution in [0.1, 0.15) is 29.1 Å². The number of sulfonamides is 1. The van der Waals surface area contributed by atoms with E-state index in [0.717, 1.165) is 4.31 Å². The first-order valence-electron chi connectivity index (χ1n) is 12.1. The first kappa shape index (κ1) is 28.2. The minimum atomic E-state index is -3.97. The number of para-hydroxylation sites is 2. The molecule has 0 radical (unpaired) electrons. The van der Waals surface area contributed by atoms with E-state index in [9.17, 15) is 22.8 Å². The predicted octanol–water partition coefficient (Wildman–Crippen LogP) is 3.14. The smallest absolute Gasteiger partial charge is 0.338 e. The molecular weight excluding hydrogens is 542 g/mol. The molecular formula is C27H27N3O9S. The number of nitrogens with one attached hydrogen (secondary N) is 2. The molecule has 0 saturated carbocycles. The number of furan rings is 1. The van der Waals surface area contributed by atoms with Crippen molar-refractivity contribution >= 4 is 33.7 Å². The van der Waals surface area contributed by atoms with Crippen molar-refractivity contribution in [1.82, 2.24) is 10.6 Å². The fraction of sp³-hybridized carbons (Fsp3) is 0.222. The second kappa shape index (κ2) is 11.9. The molecule has 210 valence electrons. The molecule has 40 heavy (non-hydrogen) atoms. The van der Waals surface area contributed by atoms with Gasteiger partial charge in [-0.15, -0.1) is 0 Å². The fourth-order valence-corrected chi connectivity index (χ4v) is 5.22. The molecule has 12 nitrogen and oxygen atoms in total. The van der Waals surface area contributed by atoms with Gasteiger partial charge in [0.05, 0.1) is 47.4 Å². The molecule has 1 atom stereocenters. The minimum absolute atomic E-state index is 0.0185. The number of methoxy groups -OCH3 is 1. The van der Waals surface area contributed by atoms with Crippen LogP contribution in [0.5, 0.6) is 5.75 Å². The summed E-state index contributed by atoms with van der Waals surface area (Å²) >= 11 is 0. The number of esters is 2. The molecule has 2 heterocycles. The summed E-state index contributed by atoms with van der Waals surface area (Å²) < 4.78 is 48.6. The van der Waals surface area contributed by atoms with Gasteiger partial charge in [0.2, 0.25) is 0 Å². The van der Waals surface area contributed by atoms with Crippen LogP contribution in [0.25, 0.3) is 0 Å². The summed E-state index contributed by atoms with van der Waals surface area (Å²) in [6.45, 7) is 1.25. The lowest BCUT2D eigenvalue weighted by Crippen LogP contribution is -2.47. The molecule has 0 fully saturated rings. The standard InChI is InChI=1S/C27H27N3O9S/c1-4-37-26(32)23-19(28-27(33)29-24(23)22-10-7-15-38-22)16-39-25(31)17-11-13-18(14-12-17)40(34,35)30(2)20-8-5-6-9-21(20)36-3/h5-15,24H,4,16H2,1-3H3,(H2,28,29,33). The second-order valence-electron chi connectivity index (χ2n) is 8.40. The molecule has 1 aromatic heterocycles. The zero-order valence-corrected chi connectivity index (χ0v) is 22.7. The average Bonchev–Trinajstić information content (AvgIpc) is 3.50. The molecule has 0 spiro atoms. The first-order valence-corrected chi connectivity index (χ1v) is 13.5. The molecule has 2 aromatic carbocycles. The van der Waals surface area contributed by atoms with Gasteiger partial charge in [0, 0.05) is 7.05 Å². The highest BCUT2D eigenvalue weighted by atomic mass is 32.2. The molecule has 2 amide bonds. The fourth-order valence-electron chi connectivity index (χ4n) is 4.01. The van der Waals surface area contributed by atoms with Crippen LogP contribution >= 0.6 is 0 Å². The van der Waals surface area contributed by atoms with E-state index < -0.39 is 40.6 Å². The zero-order chi connectivity index (χ0) is 28.9. The van der Waals surface area contributed by atoms with Crippen molar-refractivity contribution in [2.24, 2.45) is 0 Å². The average molecular weight is 570 g/mol. The number of ether oxygens (including phenoxy) is 3. The number of hydrogen-bond donors (Lipinski definition) is 2. The summed E-state index contributed by atoms with van der Waals surface area (Å²) in [7, 11) is -1.13. The van der Waals surface area contributed by atoms with E-state index >= 15 is 0 Å². The number of anilines is 1. The molecule has 1 unspecified atom stereocenters. The van der Waals surface area contributed by atoms with Gasteiger partial charge in [-0.25, -0.2) is 22.8 Å². The van der Waals surface area contributed by atoms with E-state index in [1.54, 1.807) is 43.3 Å². The number of rotatable bonds is 10. The summed E-state index contributed by atoms with van der Waals surface area (Å²) in [5, 5.41) is 5.08. The molecule has 13 heteroatoms. The number of benzene rings is 2. The highest BCUT2D eigenvalue weighted by Crippen LogP contribution is 2.31. The first-order chi connectivity index (χ1) is 19.2. The van der Waals surface area contributed by atoms with E-state index in [-0.39, 0.29) is 34.1 Å². The number of hydrogen-bond acceptors (Lipinski definition) is 9. The Kier molecular flexibility index (Phi) is 8.43. The van der Waals surface area contributed by atoms with Crippen molar-refractivity contribution in [3.63, 3.8) is 0 Å². The van der Waals surface area contributed by atoms with Crippen molar-refractivity contribution in [2.45, 2.75) is 17.9 Å². The Hall–Kier alpha value is -4.78. The lowest BCUT2D eigenvalue weighted by atomic mass is 10.0. The van der Waals surface area contributed by atoms with Crippen molar-refractivity contribution in [3.8, 4) is 5.75 Å². The van der Waals surface area contributed by atoms with Crippen LogP contribution in [0.3, 0.4) is 0 Å². The normalized spacial score (nSPS) is 15.1. The summed E-state index contributed by atoms with van der Waals surface area (Å²) in [6.07, 6.45) is 1.39. The summed E-state index contributed by atoms with van der Waals surface area (Å²) in [5.74, 6) is -0.864. The maximum atomic E-state index is 13.2. The van der Waals surface area contributed by atoms with Crippen molar-refractivity contribution in [1.29, 1.82) is 0 Å². The van der Waals surface area contributed by atoms with Crippen LogP contribution in [-0.4, -0.2) is 53.8 Å². The van der Waals surface area contributed by atoms with Gasteiger partial charge in [-0.3, -0.25) is 4.31 Å². The Morgan fingerprint density at radius 3 is 2.38 bits per heavy atom. The van der Waals surface area contributed by atoms with Crippen LogP contribution in [0, 0.1) is 0 Å². The lowest BCUT2D eigenvalue weighted by Gasteiger charge is -2.27. The number of urea groups is 1. The van der Waals surface area contributed by atoms with Crippen molar-refractivity contribution < 1.29 is 41.4 Å². The van der Waals surface area contributed by atoms with Gasteiger partial charge >= 0.3 is 18.0 Å². The Morgan fingerprint density at radius 1 is 1.00 bits per heavy atom. The third kappa shape index (κ3) is 5.78. The SMILES string of the molecule is CCOC(=O)C1=C(COC(=O)c2ccc(S(=O)(=O)N(C)c3ccccc3OC)cc2)NC(=O)NC1c1ccco1. The van der Waals surface area contributed by atoms with Crippen LogP contribution in [0.15, 0.2) is 87.5 Å². The maximum Gasteiger partial charge on any atom is 0.338 e. The molecule has 1 aliphatic rings. The van der Waals surface area contributed by atoms with Crippen LogP contribution in [0.4, 0.5) is 10.5 Å². The topological polar surface area (TPSA) is 153 Å². The maximum absolute atomic E-state index is 13.2. The van der Waals surface area contributed by atoms with E-state index in [4.69, 9.17) is 18.6 Å². The van der Waals surface area contributed by atoms with E-state index in [0.29, 0.717) is 11.4 Å². The molecule has 0 saturated heterocycles. The zero-order valence-electron chi connectivity index (χ0n) is 21.9. The Balaban J connectivity index is 1.53. The second-order valence-corrected chi connectivity index (χ2v) is 10.4. The number of carbonyl (C=O) groups is 3. The van der Waals surface area contributed by atoms with Gasteiger partial charge in [0.25, 0.3) is 10.0 Å². The third-order valence-electron chi connectivity index (χ3n) is 6.00. The monoisotopic (exact) mass is 569 g/mol. The van der Waals surface area contributed by atoms with E-state index in [1.807, 2.05) is 0 Å². The van der Waals surface area contributed by atoms with Gasteiger partial charge in [-0.2, -0.15) is 0 Å². The number of carbonyl (C=O) groups excluding carboxylic acids is 3. The number of nitrogens with zero attached hydrogens (tertiary/aromatic N) is 1. The minimum Gasteiger partial charge on any atom is -0.495 e. The van der Waals surface area contributed by atoms with E-state index in [1.165, 1.54) is 44.7 Å². The quantitative estimate of drug-likeness (QED) is 0.351. The highest BCUT2D eigenvalue weighted by molar-refractivity contribution is 7.92. The highest BCUT2D eigenvalue weighted by Gasteiger charge is 2.36. The van der Waals surface area contributed by atoms with Crippen molar-refractivity contribution in [3.05, 3.63) is 89.5 Å². The molecule has 4 rings (SSSR count). The van der Waals surface area contributed by atoms with Gasteiger partial charge in [-0.05, 0) is 55.5 Å². The van der Waals surface area contributed by atoms with Crippen LogP contribution in [-0.2, 0) is 24.3 Å². The third-order valence-corrected chi connectivity index (χ3v) is 7.78. The summed E-state index contributed by atoms with van der Waals surface area (Å²) in [5.41, 5.74) is 0.440. The Bertz CT molecular complexity index is 1530. The van der Waals surface area contributed by atoms with Gasteiger partial charge < -0.3 is 29.3 Å². The van der Waals surface area contributed by atoms with Gasteiger partial charge in [0.1, 0.15) is 24.2 Å². The molecule has 2 N–H and O–H groups in total.